The molecule has 0 radical (unpaired) electrons. The molecule has 0 saturated heterocycles. The molecule has 1 fully saturated rings. The number of benzene rings is 1. The van der Waals surface area contributed by atoms with Crippen LogP contribution < -0.4 is 20.1 Å². The molecule has 0 bridgehead atoms. The van der Waals surface area contributed by atoms with Crippen molar-refractivity contribution in [3.63, 3.8) is 0 Å². The Hall–Kier alpha value is -2.44. The molecular formula is C20H31N3O4. The van der Waals surface area contributed by atoms with E-state index in [0.717, 1.165) is 18.4 Å². The van der Waals surface area contributed by atoms with Gasteiger partial charge in [-0.1, -0.05) is 25.3 Å². The third kappa shape index (κ3) is 6.66. The summed E-state index contributed by atoms with van der Waals surface area (Å²) in [4.78, 5) is 25.7. The Labute approximate surface area is 161 Å². The maximum atomic E-state index is 12.0. The first-order valence-electron chi connectivity index (χ1n) is 9.54. The molecule has 0 spiro atoms. The molecule has 1 aromatic carbocycles. The number of urea groups is 1. The Balaban J connectivity index is 1.83. The first-order valence-corrected chi connectivity index (χ1v) is 9.54. The molecular weight excluding hydrogens is 346 g/mol. The topological polar surface area (TPSA) is 79.9 Å². The molecule has 1 aliphatic rings. The van der Waals surface area contributed by atoms with Crippen molar-refractivity contribution in [1.82, 2.24) is 15.5 Å². The molecule has 0 aromatic heterocycles. The van der Waals surface area contributed by atoms with Gasteiger partial charge in [0.15, 0.2) is 11.5 Å². The molecule has 0 unspecified atom stereocenters. The molecule has 1 aromatic rings. The van der Waals surface area contributed by atoms with Crippen molar-refractivity contribution < 1.29 is 19.1 Å². The first-order chi connectivity index (χ1) is 13.0. The summed E-state index contributed by atoms with van der Waals surface area (Å²) < 4.78 is 10.5. The summed E-state index contributed by atoms with van der Waals surface area (Å²) >= 11 is 0. The lowest BCUT2D eigenvalue weighted by molar-refractivity contribution is -0.129. The van der Waals surface area contributed by atoms with E-state index in [-0.39, 0.29) is 18.0 Å². The number of rotatable bonds is 8. The SMILES string of the molecule is COc1ccc(CN(CCNC(=O)NC2CCCCC2)C(C)=O)cc1OC. The van der Waals surface area contributed by atoms with E-state index < -0.39 is 0 Å². The number of carbonyl (C=O) groups is 2. The summed E-state index contributed by atoms with van der Waals surface area (Å²) in [6, 6.07) is 5.70. The fourth-order valence-corrected chi connectivity index (χ4v) is 3.33. The van der Waals surface area contributed by atoms with Crippen LogP contribution in [0.15, 0.2) is 18.2 Å². The Morgan fingerprint density at radius 1 is 1.11 bits per heavy atom. The largest absolute Gasteiger partial charge is 0.493 e. The summed E-state index contributed by atoms with van der Waals surface area (Å²) in [6.07, 6.45) is 5.70. The van der Waals surface area contributed by atoms with Crippen LogP contribution in [0.25, 0.3) is 0 Å². The van der Waals surface area contributed by atoms with E-state index in [0.29, 0.717) is 31.1 Å². The number of methoxy groups -OCH3 is 2. The van der Waals surface area contributed by atoms with Gasteiger partial charge in [-0.15, -0.1) is 0 Å². The molecule has 2 N–H and O–H groups in total. The minimum absolute atomic E-state index is 0.0423. The zero-order valence-corrected chi connectivity index (χ0v) is 16.5. The number of hydrogen-bond acceptors (Lipinski definition) is 4. The molecule has 150 valence electrons. The standard InChI is InChI=1S/C20H31N3O4/c1-15(24)23(14-16-9-10-18(26-2)19(13-16)27-3)12-11-21-20(25)22-17-7-5-4-6-8-17/h9-10,13,17H,4-8,11-12,14H2,1-3H3,(H2,21,22,25). The van der Waals surface area contributed by atoms with Gasteiger partial charge in [-0.2, -0.15) is 0 Å². The summed E-state index contributed by atoms with van der Waals surface area (Å²) in [5.74, 6) is 1.24. The Morgan fingerprint density at radius 3 is 2.44 bits per heavy atom. The van der Waals surface area contributed by atoms with E-state index in [1.807, 2.05) is 18.2 Å². The maximum absolute atomic E-state index is 12.0. The minimum atomic E-state index is -0.156. The zero-order valence-electron chi connectivity index (χ0n) is 16.5. The second-order valence-corrected chi connectivity index (χ2v) is 6.87. The fourth-order valence-electron chi connectivity index (χ4n) is 3.33. The highest BCUT2D eigenvalue weighted by atomic mass is 16.5. The normalized spacial score (nSPS) is 14.3. The molecule has 7 nitrogen and oxygen atoms in total. The van der Waals surface area contributed by atoms with Gasteiger partial charge in [0.2, 0.25) is 5.91 Å². The van der Waals surface area contributed by atoms with Crippen LogP contribution in [0.2, 0.25) is 0 Å². The van der Waals surface area contributed by atoms with Gasteiger partial charge in [-0.05, 0) is 30.5 Å². The van der Waals surface area contributed by atoms with Crippen LogP contribution in [0.3, 0.4) is 0 Å². The van der Waals surface area contributed by atoms with Gasteiger partial charge in [0, 0.05) is 32.6 Å². The lowest BCUT2D eigenvalue weighted by Gasteiger charge is -2.24. The second-order valence-electron chi connectivity index (χ2n) is 6.87. The highest BCUT2D eigenvalue weighted by molar-refractivity contribution is 5.75. The van der Waals surface area contributed by atoms with Crippen LogP contribution in [0.4, 0.5) is 4.79 Å². The van der Waals surface area contributed by atoms with Crippen molar-refractivity contribution in [2.45, 2.75) is 51.6 Å². The summed E-state index contributed by atoms with van der Waals surface area (Å²) in [6.45, 7) is 2.83. The maximum Gasteiger partial charge on any atom is 0.315 e. The molecule has 0 atom stereocenters. The van der Waals surface area contributed by atoms with Gasteiger partial charge in [0.05, 0.1) is 14.2 Å². The van der Waals surface area contributed by atoms with Crippen LogP contribution in [0.5, 0.6) is 11.5 Å². The first kappa shape index (κ1) is 20.9. The second kappa shape index (κ2) is 10.6. The lowest BCUT2D eigenvalue weighted by atomic mass is 9.96. The number of hydrogen-bond donors (Lipinski definition) is 2. The monoisotopic (exact) mass is 377 g/mol. The molecule has 7 heteroatoms. The van der Waals surface area contributed by atoms with Crippen LogP contribution in [0, 0.1) is 0 Å². The predicted molar refractivity (Wildman–Crippen MR) is 104 cm³/mol. The van der Waals surface area contributed by atoms with E-state index >= 15 is 0 Å². The summed E-state index contributed by atoms with van der Waals surface area (Å²) in [5.41, 5.74) is 0.939. The van der Waals surface area contributed by atoms with Crippen molar-refractivity contribution in [3.05, 3.63) is 23.8 Å². The third-order valence-electron chi connectivity index (χ3n) is 4.87. The fraction of sp³-hybridized carbons (Fsp3) is 0.600. The smallest absolute Gasteiger partial charge is 0.315 e. The highest BCUT2D eigenvalue weighted by Crippen LogP contribution is 2.28. The number of nitrogens with zero attached hydrogens (tertiary/aromatic N) is 1. The zero-order chi connectivity index (χ0) is 19.6. The third-order valence-corrected chi connectivity index (χ3v) is 4.87. The van der Waals surface area contributed by atoms with E-state index in [1.165, 1.54) is 26.2 Å². The molecule has 0 heterocycles. The predicted octanol–water partition coefficient (Wildman–Crippen LogP) is 2.68. The van der Waals surface area contributed by atoms with Gasteiger partial charge in [-0.3, -0.25) is 4.79 Å². The van der Waals surface area contributed by atoms with Crippen molar-refractivity contribution in [2.75, 3.05) is 27.3 Å². The molecule has 2 rings (SSSR count). The van der Waals surface area contributed by atoms with E-state index in [9.17, 15) is 9.59 Å². The molecule has 1 saturated carbocycles. The van der Waals surface area contributed by atoms with Gasteiger partial charge in [0.1, 0.15) is 0 Å². The average molecular weight is 377 g/mol. The number of nitrogens with one attached hydrogen (secondary N) is 2. The van der Waals surface area contributed by atoms with E-state index in [1.54, 1.807) is 19.1 Å². The van der Waals surface area contributed by atoms with Gasteiger partial charge < -0.3 is 25.0 Å². The Morgan fingerprint density at radius 2 is 1.81 bits per heavy atom. The van der Waals surface area contributed by atoms with Crippen molar-refractivity contribution in [1.29, 1.82) is 0 Å². The number of ether oxygens (including phenoxy) is 2. The molecule has 3 amide bonds. The number of amides is 3. The van der Waals surface area contributed by atoms with E-state index in [2.05, 4.69) is 10.6 Å². The minimum Gasteiger partial charge on any atom is -0.493 e. The quantitative estimate of drug-likeness (QED) is 0.730. The Kier molecular flexibility index (Phi) is 8.23. The number of carbonyl (C=O) groups excluding carboxylic acids is 2. The molecule has 0 aliphatic heterocycles. The van der Waals surface area contributed by atoms with Gasteiger partial charge in [-0.25, -0.2) is 4.79 Å². The lowest BCUT2D eigenvalue weighted by Crippen LogP contribution is -2.45. The highest BCUT2D eigenvalue weighted by Gasteiger charge is 2.16. The molecule has 27 heavy (non-hydrogen) atoms. The van der Waals surface area contributed by atoms with Crippen molar-refractivity contribution >= 4 is 11.9 Å². The van der Waals surface area contributed by atoms with Gasteiger partial charge >= 0.3 is 6.03 Å². The van der Waals surface area contributed by atoms with E-state index in [4.69, 9.17) is 9.47 Å². The van der Waals surface area contributed by atoms with Crippen molar-refractivity contribution in [3.8, 4) is 11.5 Å². The average Bonchev–Trinajstić information content (AvgIpc) is 2.67. The summed E-state index contributed by atoms with van der Waals surface area (Å²) in [5, 5.41) is 5.87. The van der Waals surface area contributed by atoms with Crippen molar-refractivity contribution in [2.24, 2.45) is 0 Å². The van der Waals surface area contributed by atoms with Crippen LogP contribution in [-0.4, -0.2) is 50.2 Å². The van der Waals surface area contributed by atoms with Gasteiger partial charge in [0.25, 0.3) is 0 Å². The summed E-state index contributed by atoms with van der Waals surface area (Å²) in [7, 11) is 3.17. The van der Waals surface area contributed by atoms with Crippen LogP contribution >= 0.6 is 0 Å². The molecule has 1 aliphatic carbocycles. The Bertz CT molecular complexity index is 630. The van der Waals surface area contributed by atoms with Crippen LogP contribution in [0.1, 0.15) is 44.6 Å². The van der Waals surface area contributed by atoms with Crippen LogP contribution in [-0.2, 0) is 11.3 Å².